The summed E-state index contributed by atoms with van der Waals surface area (Å²) in [6.07, 6.45) is 0.962. The van der Waals surface area contributed by atoms with Crippen LogP contribution in [0.15, 0.2) is 37.2 Å². The summed E-state index contributed by atoms with van der Waals surface area (Å²) >= 11 is 6.71. The second-order valence-electron chi connectivity index (χ2n) is 8.86. The lowest BCUT2D eigenvalue weighted by Gasteiger charge is -2.12. The van der Waals surface area contributed by atoms with Crippen molar-refractivity contribution in [2.45, 2.75) is 54.7 Å². The van der Waals surface area contributed by atoms with Crippen LogP contribution in [0.1, 0.15) is 43.4 Å². The molecule has 2 amide bonds. The molecule has 0 atom stereocenters. The molecule has 1 aliphatic heterocycles. The fourth-order valence-electron chi connectivity index (χ4n) is 4.08. The largest absolute Gasteiger partial charge is 0.505 e. The zero-order valence-electron chi connectivity index (χ0n) is 20.7. The molecule has 3 aromatic rings. The molecule has 0 radical (unpaired) electrons. The van der Waals surface area contributed by atoms with E-state index in [4.69, 9.17) is 20.9 Å². The third-order valence-corrected chi connectivity index (χ3v) is 9.42. The number of halogens is 1. The van der Waals surface area contributed by atoms with Gasteiger partial charge in [0.1, 0.15) is 4.90 Å². The number of unbranched alkanes of at least 4 members (excludes halogenated alkanes) is 2. The molecular weight excluding hydrogens is 630 g/mol. The molecular formula is C23H20ClNO13S3. The summed E-state index contributed by atoms with van der Waals surface area (Å²) in [6, 6.07) is 3.25. The predicted molar refractivity (Wildman–Crippen MR) is 141 cm³/mol. The van der Waals surface area contributed by atoms with Crippen LogP contribution in [-0.4, -0.2) is 53.9 Å². The zero-order chi connectivity index (χ0) is 30.3. The van der Waals surface area contributed by atoms with Crippen LogP contribution in [-0.2, 0) is 45.9 Å². The molecule has 0 aliphatic carbocycles. The maximum atomic E-state index is 12.8. The smallest absolute Gasteiger partial charge is 0.345 e. The van der Waals surface area contributed by atoms with Crippen molar-refractivity contribution in [2.75, 3.05) is 0 Å². The molecule has 1 aliphatic rings. The third kappa shape index (κ3) is 6.60. The second kappa shape index (κ2) is 11.5. The van der Waals surface area contributed by atoms with Gasteiger partial charge in [0.05, 0.1) is 10.6 Å². The van der Waals surface area contributed by atoms with Crippen LogP contribution in [0.2, 0.25) is 5.02 Å². The van der Waals surface area contributed by atoms with E-state index < -0.39 is 69.8 Å². The van der Waals surface area contributed by atoms with E-state index >= 15 is 0 Å². The number of rotatable bonds is 10. The number of benzene rings is 1. The van der Waals surface area contributed by atoms with Crippen LogP contribution in [0.5, 0.6) is 5.75 Å². The topological polar surface area (TPSA) is 223 Å². The Bertz CT molecular complexity index is 1840. The lowest BCUT2D eigenvalue weighted by molar-refractivity contribution is -0.197. The molecule has 4 rings (SSSR count). The van der Waals surface area contributed by atoms with Crippen LogP contribution in [0, 0.1) is 0 Å². The van der Waals surface area contributed by atoms with Crippen molar-refractivity contribution in [3.05, 3.63) is 38.5 Å². The Morgan fingerprint density at radius 3 is 2.27 bits per heavy atom. The fraction of sp³-hybridized carbons (Fsp3) is 0.304. The highest BCUT2D eigenvalue weighted by atomic mass is 35.5. The van der Waals surface area contributed by atoms with Gasteiger partial charge >= 0.3 is 21.7 Å². The standard InChI is InChI=1S/C23H20ClNO13S3/c24-13-9-11-8-12(23(30)37-21(11)22(20(13)29)41(34,35)36)15-10-16(40(31,32)33)14(39-15)4-2-1-3-5-19(28)38-25-17(26)6-7-18(25)27/h8-10,29H,1-7H2,(H,31,32,33)(H,34,35,36). The molecule has 0 unspecified atom stereocenters. The van der Waals surface area contributed by atoms with Crippen molar-refractivity contribution in [1.29, 1.82) is 0 Å². The van der Waals surface area contributed by atoms with Gasteiger partial charge in [-0.1, -0.05) is 18.0 Å². The van der Waals surface area contributed by atoms with Crippen molar-refractivity contribution >= 4 is 71.9 Å². The number of aryl methyl sites for hydroxylation is 1. The second-order valence-corrected chi connectivity index (χ2v) is 13.1. The van der Waals surface area contributed by atoms with Gasteiger partial charge in [-0.2, -0.15) is 16.8 Å². The lowest BCUT2D eigenvalue weighted by Crippen LogP contribution is -2.31. The Morgan fingerprint density at radius 1 is 1.00 bits per heavy atom. The number of thiophene rings is 1. The van der Waals surface area contributed by atoms with E-state index in [9.17, 15) is 50.2 Å². The number of carbonyl (C=O) groups excluding carboxylic acids is 3. The van der Waals surface area contributed by atoms with Gasteiger partial charge in [-0.3, -0.25) is 18.7 Å². The van der Waals surface area contributed by atoms with Gasteiger partial charge in [0.25, 0.3) is 21.9 Å². The van der Waals surface area contributed by atoms with Crippen molar-refractivity contribution in [3.8, 4) is 16.2 Å². The van der Waals surface area contributed by atoms with Crippen molar-refractivity contribution < 1.29 is 54.7 Å². The monoisotopic (exact) mass is 649 g/mol. The molecule has 14 nitrogen and oxygen atoms in total. The van der Waals surface area contributed by atoms with Crippen LogP contribution in [0.25, 0.3) is 21.4 Å². The average Bonchev–Trinajstić information content (AvgIpc) is 3.42. The molecule has 0 bridgehead atoms. The number of phenols is 1. The number of fused-ring (bicyclic) bond motifs is 1. The van der Waals surface area contributed by atoms with Gasteiger partial charge in [0.15, 0.2) is 16.2 Å². The number of imide groups is 1. The van der Waals surface area contributed by atoms with Gasteiger partial charge in [-0.05, 0) is 37.5 Å². The molecule has 3 N–H and O–H groups in total. The summed E-state index contributed by atoms with van der Waals surface area (Å²) in [5.41, 5.74) is -2.02. The van der Waals surface area contributed by atoms with Gasteiger partial charge in [0.2, 0.25) is 0 Å². The Hall–Kier alpha value is -3.35. The Kier molecular flexibility index (Phi) is 8.58. The summed E-state index contributed by atoms with van der Waals surface area (Å²) in [5, 5.41) is 9.85. The van der Waals surface area contributed by atoms with Crippen LogP contribution >= 0.6 is 22.9 Å². The normalized spacial score (nSPS) is 14.3. The molecule has 0 spiro atoms. The van der Waals surface area contributed by atoms with Crippen molar-refractivity contribution in [1.82, 2.24) is 5.06 Å². The van der Waals surface area contributed by atoms with Gasteiger partial charge < -0.3 is 14.4 Å². The minimum Gasteiger partial charge on any atom is -0.505 e. The van der Waals surface area contributed by atoms with E-state index in [2.05, 4.69) is 0 Å². The maximum Gasteiger partial charge on any atom is 0.345 e. The average molecular weight is 650 g/mol. The zero-order valence-corrected chi connectivity index (χ0v) is 23.9. The van der Waals surface area contributed by atoms with Crippen LogP contribution in [0.3, 0.4) is 0 Å². The molecule has 0 saturated carbocycles. The third-order valence-electron chi connectivity index (χ3n) is 5.96. The highest BCUT2D eigenvalue weighted by Crippen LogP contribution is 2.40. The summed E-state index contributed by atoms with van der Waals surface area (Å²) in [7, 11) is -9.80. The molecule has 2 aromatic heterocycles. The van der Waals surface area contributed by atoms with E-state index in [0.29, 0.717) is 17.9 Å². The molecule has 1 saturated heterocycles. The highest BCUT2D eigenvalue weighted by molar-refractivity contribution is 7.86. The van der Waals surface area contributed by atoms with Crippen molar-refractivity contribution in [2.24, 2.45) is 0 Å². The van der Waals surface area contributed by atoms with Gasteiger partial charge in [-0.15, -0.1) is 16.4 Å². The molecule has 1 aromatic carbocycles. The summed E-state index contributed by atoms with van der Waals surface area (Å²) < 4.78 is 71.9. The molecule has 18 heteroatoms. The number of carbonyl (C=O) groups is 3. The first-order valence-electron chi connectivity index (χ1n) is 11.7. The summed E-state index contributed by atoms with van der Waals surface area (Å²) in [5.74, 6) is -3.01. The molecule has 3 heterocycles. The Morgan fingerprint density at radius 2 is 1.66 bits per heavy atom. The van der Waals surface area contributed by atoms with E-state index in [-0.39, 0.29) is 52.8 Å². The number of hydrogen-bond donors (Lipinski definition) is 3. The van der Waals surface area contributed by atoms with E-state index in [1.165, 1.54) is 0 Å². The number of amides is 2. The number of phenolic OH excluding ortho intramolecular Hbond substituents is 1. The van der Waals surface area contributed by atoms with Gasteiger partial charge in [-0.25, -0.2) is 9.59 Å². The number of aromatic hydroxyl groups is 1. The van der Waals surface area contributed by atoms with Gasteiger partial charge in [0, 0.05) is 34.4 Å². The first-order valence-corrected chi connectivity index (χ1v) is 15.8. The lowest BCUT2D eigenvalue weighted by atomic mass is 10.1. The molecule has 1 fully saturated rings. The quantitative estimate of drug-likeness (QED) is 0.124. The summed E-state index contributed by atoms with van der Waals surface area (Å²) in [4.78, 5) is 51.1. The Balaban J connectivity index is 1.53. The fourth-order valence-corrected chi connectivity index (χ4v) is 7.37. The number of hydroxylamine groups is 2. The minimum atomic E-state index is -5.07. The number of hydrogen-bond acceptors (Lipinski definition) is 12. The van der Waals surface area contributed by atoms with Crippen molar-refractivity contribution in [3.63, 3.8) is 0 Å². The molecule has 41 heavy (non-hydrogen) atoms. The highest BCUT2D eigenvalue weighted by Gasteiger charge is 2.32. The van der Waals surface area contributed by atoms with E-state index in [1.54, 1.807) is 0 Å². The summed E-state index contributed by atoms with van der Waals surface area (Å²) in [6.45, 7) is 0. The Labute approximate surface area is 240 Å². The first-order chi connectivity index (χ1) is 19.1. The van der Waals surface area contributed by atoms with E-state index in [0.717, 1.165) is 29.5 Å². The minimum absolute atomic E-state index is 0.0326. The first kappa shape index (κ1) is 30.6. The maximum absolute atomic E-state index is 12.8. The number of nitrogens with zero attached hydrogens (tertiary/aromatic N) is 1. The van der Waals surface area contributed by atoms with Crippen LogP contribution in [0.4, 0.5) is 0 Å². The molecule has 220 valence electrons. The SMILES string of the molecule is O=C(CCCCCc1sc(-c2cc3cc(Cl)c(O)c(S(=O)(=O)O)c3oc2=O)cc1S(=O)(=O)O)ON1C(=O)CCC1=O. The van der Waals surface area contributed by atoms with E-state index in [1.807, 2.05) is 0 Å². The predicted octanol–water partition coefficient (Wildman–Crippen LogP) is 3.08. The van der Waals surface area contributed by atoms with Crippen LogP contribution < -0.4 is 5.63 Å².